The number of nitrogens with one attached hydrogen (secondary N) is 1. The number of anilines is 1. The predicted octanol–water partition coefficient (Wildman–Crippen LogP) is 4.36. The van der Waals surface area contributed by atoms with E-state index in [1.165, 1.54) is 0 Å². The molecule has 28 heavy (non-hydrogen) atoms. The van der Waals surface area contributed by atoms with Crippen molar-refractivity contribution in [1.82, 2.24) is 19.7 Å². The maximum Gasteiger partial charge on any atom is 0.322 e. The zero-order chi connectivity index (χ0) is 19.5. The molecule has 0 bridgehead atoms. The molecule has 0 aromatic carbocycles. The van der Waals surface area contributed by atoms with E-state index in [2.05, 4.69) is 15.4 Å². The number of hydrogen-bond donors (Lipinski definition) is 1. The molecule has 1 N–H and O–H groups in total. The smallest absolute Gasteiger partial charge is 0.322 e. The van der Waals surface area contributed by atoms with Crippen LogP contribution in [0.15, 0.2) is 47.3 Å². The van der Waals surface area contributed by atoms with E-state index in [1.54, 1.807) is 17.1 Å². The topological polar surface area (TPSA) is 76.2 Å². The first-order valence-corrected chi connectivity index (χ1v) is 9.66. The van der Waals surface area contributed by atoms with E-state index in [0.29, 0.717) is 12.2 Å². The average Bonchev–Trinajstić information content (AvgIpc) is 3.43. The summed E-state index contributed by atoms with van der Waals surface area (Å²) in [5.74, 6) is 1.67. The third-order valence-corrected chi connectivity index (χ3v) is 5.16. The Morgan fingerprint density at radius 2 is 2.07 bits per heavy atom. The van der Waals surface area contributed by atoms with Crippen LogP contribution in [0.5, 0.6) is 0 Å². The van der Waals surface area contributed by atoms with Crippen molar-refractivity contribution in [3.05, 3.63) is 54.4 Å². The van der Waals surface area contributed by atoms with Gasteiger partial charge in [-0.3, -0.25) is 9.67 Å². The lowest BCUT2D eigenvalue weighted by Crippen LogP contribution is -2.41. The number of hydrogen-bond acceptors (Lipinski definition) is 4. The molecule has 3 heterocycles. The molecule has 1 aliphatic rings. The van der Waals surface area contributed by atoms with Gasteiger partial charge in [-0.05, 0) is 44.0 Å². The molecular weight excluding hydrogens is 354 g/mol. The highest BCUT2D eigenvalue weighted by atomic mass is 16.3. The molecule has 7 nitrogen and oxygen atoms in total. The summed E-state index contributed by atoms with van der Waals surface area (Å²) >= 11 is 0. The van der Waals surface area contributed by atoms with E-state index in [9.17, 15) is 4.79 Å². The molecule has 0 spiro atoms. The fraction of sp³-hybridized carbons (Fsp3) is 0.381. The quantitative estimate of drug-likeness (QED) is 0.715. The molecule has 4 rings (SSSR count). The van der Waals surface area contributed by atoms with Crippen molar-refractivity contribution in [2.24, 2.45) is 7.05 Å². The van der Waals surface area contributed by atoms with Crippen molar-refractivity contribution in [2.75, 3.05) is 5.32 Å². The fourth-order valence-electron chi connectivity index (χ4n) is 3.71. The van der Waals surface area contributed by atoms with Gasteiger partial charge in [-0.2, -0.15) is 5.10 Å². The molecule has 0 atom stereocenters. The Kier molecular flexibility index (Phi) is 5.14. The monoisotopic (exact) mass is 379 g/mol. The maximum absolute atomic E-state index is 13.0. The first kappa shape index (κ1) is 18.3. The normalized spacial score (nSPS) is 14.4. The van der Waals surface area contributed by atoms with Gasteiger partial charge in [0.25, 0.3) is 0 Å². The van der Waals surface area contributed by atoms with Crippen molar-refractivity contribution in [3.8, 4) is 11.3 Å². The zero-order valence-corrected chi connectivity index (χ0v) is 16.3. The summed E-state index contributed by atoms with van der Waals surface area (Å²) < 4.78 is 7.44. The van der Waals surface area contributed by atoms with Gasteiger partial charge in [0.05, 0.1) is 30.3 Å². The lowest BCUT2D eigenvalue weighted by Gasteiger charge is -2.28. The minimum Gasteiger partial charge on any atom is -0.464 e. The van der Waals surface area contributed by atoms with Crippen LogP contribution in [-0.4, -0.2) is 31.7 Å². The second kappa shape index (κ2) is 7.88. The van der Waals surface area contributed by atoms with Gasteiger partial charge in [0, 0.05) is 24.8 Å². The van der Waals surface area contributed by atoms with Crippen molar-refractivity contribution >= 4 is 11.7 Å². The summed E-state index contributed by atoms with van der Waals surface area (Å²) in [5, 5.41) is 7.16. The lowest BCUT2D eigenvalue weighted by atomic mass is 10.2. The molecule has 1 aliphatic carbocycles. The molecule has 0 aliphatic heterocycles. The van der Waals surface area contributed by atoms with Crippen LogP contribution in [0.25, 0.3) is 11.3 Å². The number of amides is 2. The lowest BCUT2D eigenvalue weighted by molar-refractivity contribution is 0.178. The van der Waals surface area contributed by atoms with Gasteiger partial charge >= 0.3 is 6.03 Å². The summed E-state index contributed by atoms with van der Waals surface area (Å²) in [6, 6.07) is 7.76. The standard InChI is InChI=1S/C21H25N5O2/c1-15-7-9-19(28-15)14-26(18-5-3-4-6-18)21(27)24-17-8-10-20(22-12-17)16-11-23-25(2)13-16/h7-13,18H,3-6,14H2,1-2H3,(H,24,27). The van der Waals surface area contributed by atoms with Crippen LogP contribution >= 0.6 is 0 Å². The molecule has 0 saturated heterocycles. The number of aryl methyl sites for hydroxylation is 2. The van der Waals surface area contributed by atoms with Gasteiger partial charge < -0.3 is 14.6 Å². The molecule has 146 valence electrons. The van der Waals surface area contributed by atoms with Gasteiger partial charge in [-0.25, -0.2) is 4.79 Å². The van der Waals surface area contributed by atoms with Crippen molar-refractivity contribution in [1.29, 1.82) is 0 Å². The third-order valence-electron chi connectivity index (χ3n) is 5.16. The number of carbonyl (C=O) groups excluding carboxylic acids is 1. The molecule has 3 aromatic heterocycles. The van der Waals surface area contributed by atoms with Crippen LogP contribution in [0.3, 0.4) is 0 Å². The van der Waals surface area contributed by atoms with Gasteiger partial charge in [-0.15, -0.1) is 0 Å². The summed E-state index contributed by atoms with van der Waals surface area (Å²) in [7, 11) is 1.87. The average molecular weight is 379 g/mol. The highest BCUT2D eigenvalue weighted by Crippen LogP contribution is 2.26. The summed E-state index contributed by atoms with van der Waals surface area (Å²) in [6.45, 7) is 2.39. The summed E-state index contributed by atoms with van der Waals surface area (Å²) in [6.07, 6.45) is 9.75. The molecule has 2 amide bonds. The van der Waals surface area contributed by atoms with Crippen molar-refractivity contribution in [3.63, 3.8) is 0 Å². The second-order valence-corrected chi connectivity index (χ2v) is 7.34. The van der Waals surface area contributed by atoms with Crippen LogP contribution in [0.4, 0.5) is 10.5 Å². The Balaban J connectivity index is 1.47. The van der Waals surface area contributed by atoms with Gasteiger partial charge in [0.1, 0.15) is 11.5 Å². The Morgan fingerprint density at radius 1 is 1.25 bits per heavy atom. The van der Waals surface area contributed by atoms with E-state index >= 15 is 0 Å². The number of nitrogens with zero attached hydrogens (tertiary/aromatic N) is 4. The van der Waals surface area contributed by atoms with Crippen LogP contribution in [0, 0.1) is 6.92 Å². The third kappa shape index (κ3) is 4.08. The van der Waals surface area contributed by atoms with Crippen LogP contribution in [0.2, 0.25) is 0 Å². The molecule has 7 heteroatoms. The maximum atomic E-state index is 13.0. The number of carbonyl (C=O) groups is 1. The fourth-order valence-corrected chi connectivity index (χ4v) is 3.71. The summed E-state index contributed by atoms with van der Waals surface area (Å²) in [4.78, 5) is 19.3. The number of aromatic nitrogens is 3. The van der Waals surface area contributed by atoms with Gasteiger partial charge in [0.15, 0.2) is 0 Å². The number of furan rings is 1. The molecular formula is C21H25N5O2. The van der Waals surface area contributed by atoms with E-state index in [-0.39, 0.29) is 12.1 Å². The molecule has 1 saturated carbocycles. The van der Waals surface area contributed by atoms with E-state index in [0.717, 1.165) is 48.5 Å². The molecule has 0 radical (unpaired) electrons. The van der Waals surface area contributed by atoms with E-state index in [1.807, 2.05) is 49.3 Å². The van der Waals surface area contributed by atoms with Crippen molar-refractivity contribution in [2.45, 2.75) is 45.2 Å². The predicted molar refractivity (Wildman–Crippen MR) is 107 cm³/mol. The Hall–Kier alpha value is -3.09. The van der Waals surface area contributed by atoms with Gasteiger partial charge in [-0.1, -0.05) is 12.8 Å². The number of urea groups is 1. The highest BCUT2D eigenvalue weighted by molar-refractivity contribution is 5.89. The van der Waals surface area contributed by atoms with Crippen LogP contribution in [-0.2, 0) is 13.6 Å². The first-order valence-electron chi connectivity index (χ1n) is 9.66. The second-order valence-electron chi connectivity index (χ2n) is 7.34. The minimum absolute atomic E-state index is 0.114. The Labute approximate surface area is 164 Å². The largest absolute Gasteiger partial charge is 0.464 e. The van der Waals surface area contributed by atoms with Gasteiger partial charge in [0.2, 0.25) is 0 Å². The zero-order valence-electron chi connectivity index (χ0n) is 16.3. The van der Waals surface area contributed by atoms with Crippen LogP contribution in [0.1, 0.15) is 37.2 Å². The molecule has 0 unspecified atom stereocenters. The van der Waals surface area contributed by atoms with E-state index in [4.69, 9.17) is 4.42 Å². The molecule has 1 fully saturated rings. The molecule has 3 aromatic rings. The Bertz CT molecular complexity index is 938. The highest BCUT2D eigenvalue weighted by Gasteiger charge is 2.27. The first-order chi connectivity index (χ1) is 13.6. The SMILES string of the molecule is Cc1ccc(CN(C(=O)Nc2ccc(-c3cnn(C)c3)nc2)C2CCCC2)o1. The number of pyridine rings is 1. The summed E-state index contributed by atoms with van der Waals surface area (Å²) in [5.41, 5.74) is 2.45. The van der Waals surface area contributed by atoms with Crippen LogP contribution < -0.4 is 5.32 Å². The van der Waals surface area contributed by atoms with Crippen molar-refractivity contribution < 1.29 is 9.21 Å². The van der Waals surface area contributed by atoms with E-state index < -0.39 is 0 Å². The Morgan fingerprint density at radius 3 is 2.68 bits per heavy atom. The number of rotatable bonds is 5. The minimum atomic E-state index is -0.114.